The molecule has 1 aromatic carbocycles. The Morgan fingerprint density at radius 1 is 1.29 bits per heavy atom. The summed E-state index contributed by atoms with van der Waals surface area (Å²) in [5, 5.41) is 8.60. The van der Waals surface area contributed by atoms with Crippen molar-refractivity contribution in [2.45, 2.75) is 23.3 Å². The number of hydrogen-bond acceptors (Lipinski definition) is 6. The highest BCUT2D eigenvalue weighted by Gasteiger charge is 2.31. The highest BCUT2D eigenvalue weighted by molar-refractivity contribution is 7.85. The Bertz CT molecular complexity index is 645. The van der Waals surface area contributed by atoms with Crippen molar-refractivity contribution in [2.24, 2.45) is 11.5 Å². The van der Waals surface area contributed by atoms with Crippen molar-refractivity contribution in [1.29, 1.82) is 0 Å². The quantitative estimate of drug-likeness (QED) is 0.247. The van der Waals surface area contributed by atoms with Crippen LogP contribution in [0.4, 0.5) is 0 Å². The van der Waals surface area contributed by atoms with Crippen molar-refractivity contribution in [3.05, 3.63) is 29.8 Å². The van der Waals surface area contributed by atoms with E-state index in [1.165, 1.54) is 23.7 Å². The summed E-state index contributed by atoms with van der Waals surface area (Å²) < 4.78 is 31.9. The molecule has 10 heteroatoms. The van der Waals surface area contributed by atoms with Gasteiger partial charge in [-0.05, 0) is 11.6 Å². The topological polar surface area (TPSA) is 173 Å². The van der Waals surface area contributed by atoms with Crippen molar-refractivity contribution >= 4 is 21.9 Å². The zero-order valence-corrected chi connectivity index (χ0v) is 11.6. The van der Waals surface area contributed by atoms with E-state index in [1.807, 2.05) is 0 Å². The van der Waals surface area contributed by atoms with Gasteiger partial charge in [0.05, 0.1) is 10.9 Å². The zero-order valence-electron chi connectivity index (χ0n) is 10.8. The van der Waals surface area contributed by atoms with Crippen molar-refractivity contribution < 1.29 is 27.8 Å². The maximum Gasteiger partial charge on any atom is 0.294 e. The van der Waals surface area contributed by atoms with E-state index in [9.17, 15) is 22.6 Å². The molecule has 0 aliphatic carbocycles. The monoisotopic (exact) mass is 317 g/mol. The molecule has 0 radical (unpaired) electrons. The van der Waals surface area contributed by atoms with E-state index in [0.29, 0.717) is 0 Å². The van der Waals surface area contributed by atoms with Crippen LogP contribution in [-0.4, -0.2) is 36.0 Å². The SMILES string of the molecule is NC(=O)CC(c1ccccc1S(=O)(=O)O)[C@H](N)C(=O)NO. The van der Waals surface area contributed by atoms with Crippen LogP contribution < -0.4 is 16.9 Å². The molecular formula is C11H15N3O6S. The summed E-state index contributed by atoms with van der Waals surface area (Å²) in [6.45, 7) is 0. The lowest BCUT2D eigenvalue weighted by Crippen LogP contribution is -2.44. The molecule has 2 atom stereocenters. The fourth-order valence-electron chi connectivity index (χ4n) is 1.93. The predicted octanol–water partition coefficient (Wildman–Crippen LogP) is -1.27. The molecule has 1 rings (SSSR count). The summed E-state index contributed by atoms with van der Waals surface area (Å²) >= 11 is 0. The molecule has 0 saturated carbocycles. The van der Waals surface area contributed by atoms with Gasteiger partial charge in [-0.1, -0.05) is 18.2 Å². The van der Waals surface area contributed by atoms with Crippen LogP contribution in [0.3, 0.4) is 0 Å². The zero-order chi connectivity index (χ0) is 16.2. The first-order valence-electron chi connectivity index (χ1n) is 5.72. The Hall–Kier alpha value is -2.01. The van der Waals surface area contributed by atoms with Crippen LogP contribution in [0.2, 0.25) is 0 Å². The molecule has 0 spiro atoms. The summed E-state index contributed by atoms with van der Waals surface area (Å²) in [4.78, 5) is 22.1. The Morgan fingerprint density at radius 3 is 2.33 bits per heavy atom. The number of carbonyl (C=O) groups is 2. The molecule has 0 aliphatic heterocycles. The van der Waals surface area contributed by atoms with Crippen molar-refractivity contribution in [2.75, 3.05) is 0 Å². The maximum atomic E-state index is 11.4. The van der Waals surface area contributed by atoms with Gasteiger partial charge in [-0.3, -0.25) is 19.3 Å². The predicted molar refractivity (Wildman–Crippen MR) is 70.7 cm³/mol. The third-order valence-electron chi connectivity index (χ3n) is 2.86. The van der Waals surface area contributed by atoms with Gasteiger partial charge in [0.15, 0.2) is 0 Å². The molecule has 0 aliphatic rings. The highest BCUT2D eigenvalue weighted by atomic mass is 32.2. The minimum Gasteiger partial charge on any atom is -0.370 e. The van der Waals surface area contributed by atoms with Crippen LogP contribution in [-0.2, 0) is 19.7 Å². The van der Waals surface area contributed by atoms with Gasteiger partial charge in [0, 0.05) is 12.3 Å². The van der Waals surface area contributed by atoms with Gasteiger partial charge >= 0.3 is 0 Å². The van der Waals surface area contributed by atoms with E-state index in [0.717, 1.165) is 6.07 Å². The average Bonchev–Trinajstić information content (AvgIpc) is 2.42. The summed E-state index contributed by atoms with van der Waals surface area (Å²) in [5.74, 6) is -2.98. The first-order valence-corrected chi connectivity index (χ1v) is 7.16. The minimum atomic E-state index is -4.58. The van der Waals surface area contributed by atoms with E-state index in [1.54, 1.807) is 0 Å². The van der Waals surface area contributed by atoms with Crippen LogP contribution in [0.5, 0.6) is 0 Å². The number of nitrogens with one attached hydrogen (secondary N) is 1. The van der Waals surface area contributed by atoms with Crippen molar-refractivity contribution in [1.82, 2.24) is 5.48 Å². The normalized spacial score (nSPS) is 14.2. The van der Waals surface area contributed by atoms with Crippen molar-refractivity contribution in [3.63, 3.8) is 0 Å². The van der Waals surface area contributed by atoms with E-state index < -0.39 is 45.2 Å². The summed E-state index contributed by atoms with van der Waals surface area (Å²) in [6, 6.07) is 3.75. The first-order chi connectivity index (χ1) is 9.68. The Kier molecular flexibility index (Phi) is 5.38. The van der Waals surface area contributed by atoms with Crippen LogP contribution >= 0.6 is 0 Å². The van der Waals surface area contributed by atoms with E-state index in [2.05, 4.69) is 0 Å². The lowest BCUT2D eigenvalue weighted by molar-refractivity contribution is -0.131. The molecule has 0 fully saturated rings. The molecule has 2 amide bonds. The van der Waals surface area contributed by atoms with Crippen LogP contribution in [0.1, 0.15) is 17.9 Å². The van der Waals surface area contributed by atoms with Crippen LogP contribution in [0.15, 0.2) is 29.2 Å². The number of hydroxylamine groups is 1. The summed E-state index contributed by atoms with van der Waals surface area (Å²) in [5.41, 5.74) is 11.9. The summed E-state index contributed by atoms with van der Waals surface area (Å²) in [6.07, 6.45) is -0.443. The third kappa shape index (κ3) is 4.23. The molecule has 7 N–H and O–H groups in total. The number of amides is 2. The summed E-state index contributed by atoms with van der Waals surface area (Å²) in [7, 11) is -4.58. The van der Waals surface area contributed by atoms with Gasteiger partial charge in [-0.15, -0.1) is 0 Å². The highest BCUT2D eigenvalue weighted by Crippen LogP contribution is 2.28. The molecule has 116 valence electrons. The lowest BCUT2D eigenvalue weighted by Gasteiger charge is -2.23. The minimum absolute atomic E-state index is 0.0464. The lowest BCUT2D eigenvalue weighted by atomic mass is 9.88. The van der Waals surface area contributed by atoms with Gasteiger partial charge in [-0.25, -0.2) is 5.48 Å². The number of primary amides is 1. The van der Waals surface area contributed by atoms with Gasteiger partial charge < -0.3 is 11.5 Å². The molecule has 0 heterocycles. The second-order valence-corrected chi connectivity index (χ2v) is 5.68. The molecule has 0 aromatic heterocycles. The van der Waals surface area contributed by atoms with Crippen LogP contribution in [0, 0.1) is 0 Å². The molecule has 1 aromatic rings. The largest absolute Gasteiger partial charge is 0.370 e. The number of benzene rings is 1. The van der Waals surface area contributed by atoms with Gasteiger partial charge in [0.2, 0.25) is 5.91 Å². The number of carbonyl (C=O) groups excluding carboxylic acids is 2. The van der Waals surface area contributed by atoms with E-state index >= 15 is 0 Å². The van der Waals surface area contributed by atoms with Crippen molar-refractivity contribution in [3.8, 4) is 0 Å². The van der Waals surface area contributed by atoms with Gasteiger partial charge in [-0.2, -0.15) is 8.42 Å². The Morgan fingerprint density at radius 2 is 1.86 bits per heavy atom. The number of nitrogens with two attached hydrogens (primary N) is 2. The standard InChI is InChI=1S/C11H15N3O6S/c12-9(15)5-7(10(13)11(16)14-17)6-3-1-2-4-8(6)21(18,19)20/h1-4,7,10,17H,5,13H2,(H2,12,15)(H,14,16)(H,18,19,20)/t7?,10-/m0/s1. The molecule has 21 heavy (non-hydrogen) atoms. The number of hydrogen-bond donors (Lipinski definition) is 5. The number of rotatable bonds is 6. The second-order valence-electron chi connectivity index (χ2n) is 4.29. The molecule has 0 bridgehead atoms. The fraction of sp³-hybridized carbons (Fsp3) is 0.273. The molecule has 1 unspecified atom stereocenters. The van der Waals surface area contributed by atoms with E-state index in [4.69, 9.17) is 16.7 Å². The second kappa shape index (κ2) is 6.63. The Labute approximate surface area is 120 Å². The fourth-order valence-corrected chi connectivity index (χ4v) is 2.69. The third-order valence-corrected chi connectivity index (χ3v) is 3.79. The Balaban J connectivity index is 3.40. The van der Waals surface area contributed by atoms with Crippen LogP contribution in [0.25, 0.3) is 0 Å². The smallest absolute Gasteiger partial charge is 0.294 e. The molecule has 9 nitrogen and oxygen atoms in total. The van der Waals surface area contributed by atoms with Gasteiger partial charge in [0.25, 0.3) is 16.0 Å². The first kappa shape index (κ1) is 17.0. The van der Waals surface area contributed by atoms with E-state index in [-0.39, 0.29) is 5.56 Å². The maximum absolute atomic E-state index is 11.4. The van der Waals surface area contributed by atoms with Gasteiger partial charge in [0.1, 0.15) is 0 Å². The molecule has 0 saturated heterocycles. The molecular weight excluding hydrogens is 302 g/mol. The average molecular weight is 317 g/mol.